The molecule has 0 saturated heterocycles. The van der Waals surface area contributed by atoms with Crippen LogP contribution in [0.1, 0.15) is 17.2 Å². The third-order valence-electron chi connectivity index (χ3n) is 3.40. The van der Waals surface area contributed by atoms with Gasteiger partial charge >= 0.3 is 0 Å². The highest BCUT2D eigenvalue weighted by atomic mass is 19.1. The second-order valence-corrected chi connectivity index (χ2v) is 4.91. The first kappa shape index (κ1) is 14.8. The van der Waals surface area contributed by atoms with Crippen molar-refractivity contribution in [3.8, 4) is 0 Å². The van der Waals surface area contributed by atoms with Crippen molar-refractivity contribution in [3.05, 3.63) is 77.9 Å². The van der Waals surface area contributed by atoms with Gasteiger partial charge in [0.2, 0.25) is 5.91 Å². The van der Waals surface area contributed by atoms with Crippen molar-refractivity contribution in [2.45, 2.75) is 12.6 Å². The van der Waals surface area contributed by atoms with Crippen molar-refractivity contribution in [3.63, 3.8) is 0 Å². The minimum Gasteiger partial charge on any atom is -0.350 e. The second kappa shape index (κ2) is 6.78. The van der Waals surface area contributed by atoms with E-state index in [4.69, 9.17) is 0 Å². The van der Waals surface area contributed by atoms with Crippen LogP contribution >= 0.6 is 0 Å². The third-order valence-corrected chi connectivity index (χ3v) is 3.40. The van der Waals surface area contributed by atoms with Gasteiger partial charge in [0, 0.05) is 12.1 Å². The van der Waals surface area contributed by atoms with Crippen molar-refractivity contribution in [1.82, 2.24) is 25.5 Å². The van der Waals surface area contributed by atoms with Gasteiger partial charge in [0.05, 0.1) is 0 Å². The Morgan fingerprint density at radius 3 is 2.57 bits per heavy atom. The number of halogens is 1. The van der Waals surface area contributed by atoms with Crippen molar-refractivity contribution < 1.29 is 9.18 Å². The van der Waals surface area contributed by atoms with Crippen molar-refractivity contribution >= 4 is 5.91 Å². The van der Waals surface area contributed by atoms with Gasteiger partial charge in [0.1, 0.15) is 12.1 Å². The van der Waals surface area contributed by atoms with E-state index in [1.165, 1.54) is 17.1 Å². The number of nitrogens with one attached hydrogen (secondary N) is 1. The van der Waals surface area contributed by atoms with Gasteiger partial charge in [-0.2, -0.15) is 0 Å². The maximum Gasteiger partial charge on any atom is 0.249 e. The Bertz CT molecular complexity index is 776. The molecule has 0 fully saturated rings. The molecule has 3 rings (SSSR count). The highest BCUT2D eigenvalue weighted by Crippen LogP contribution is 2.17. The Kier molecular flexibility index (Phi) is 4.37. The van der Waals surface area contributed by atoms with Crippen LogP contribution in [0, 0.1) is 5.82 Å². The number of carbonyl (C=O) groups excluding carboxylic acids is 1. The molecule has 23 heavy (non-hydrogen) atoms. The molecule has 0 unspecified atom stereocenters. The van der Waals surface area contributed by atoms with E-state index in [-0.39, 0.29) is 18.3 Å². The van der Waals surface area contributed by atoms with Gasteiger partial charge < -0.3 is 5.32 Å². The smallest absolute Gasteiger partial charge is 0.249 e. The van der Waals surface area contributed by atoms with Crippen LogP contribution in [0.25, 0.3) is 0 Å². The number of tetrazole rings is 1. The molecule has 0 aliphatic rings. The number of benzene rings is 2. The molecule has 1 heterocycles. The summed E-state index contributed by atoms with van der Waals surface area (Å²) in [7, 11) is 0. The lowest BCUT2D eigenvalue weighted by Crippen LogP contribution is -2.33. The number of hydrogen-bond acceptors (Lipinski definition) is 4. The van der Waals surface area contributed by atoms with Crippen molar-refractivity contribution in [2.75, 3.05) is 0 Å². The molecule has 0 saturated carbocycles. The molecule has 0 aliphatic carbocycles. The van der Waals surface area contributed by atoms with E-state index in [9.17, 15) is 9.18 Å². The fraction of sp³-hybridized carbons (Fsp3) is 0.125. The van der Waals surface area contributed by atoms with Crippen LogP contribution < -0.4 is 5.32 Å². The summed E-state index contributed by atoms with van der Waals surface area (Å²) in [6.07, 6.45) is 1.38. The molecule has 0 aliphatic heterocycles. The van der Waals surface area contributed by atoms with Gasteiger partial charge in [-0.05, 0) is 22.1 Å². The van der Waals surface area contributed by atoms with Gasteiger partial charge in [0.25, 0.3) is 0 Å². The summed E-state index contributed by atoms with van der Waals surface area (Å²) >= 11 is 0. The number of nitrogens with zero attached hydrogens (tertiary/aromatic N) is 4. The zero-order valence-corrected chi connectivity index (χ0v) is 12.1. The SMILES string of the molecule is O=C(NCc1ccccc1F)[C@@H](c1ccccc1)n1cnnn1. The largest absolute Gasteiger partial charge is 0.350 e. The first-order valence-electron chi connectivity index (χ1n) is 7.04. The molecule has 0 spiro atoms. The molecular formula is C16H14FN5O. The lowest BCUT2D eigenvalue weighted by molar-refractivity contribution is -0.123. The standard InChI is InChI=1S/C16H14FN5O/c17-14-9-5-4-8-13(14)10-18-16(23)15(22-11-19-20-21-22)12-6-2-1-3-7-12/h1-9,11,15H,10H2,(H,18,23)/t15-/m1/s1. The molecule has 7 heteroatoms. The summed E-state index contributed by atoms with van der Waals surface area (Å²) in [4.78, 5) is 12.6. The first-order valence-corrected chi connectivity index (χ1v) is 7.04. The number of rotatable bonds is 5. The van der Waals surface area contributed by atoms with E-state index >= 15 is 0 Å². The average molecular weight is 311 g/mol. The van der Waals surface area contributed by atoms with Crippen LogP contribution in [0.5, 0.6) is 0 Å². The topological polar surface area (TPSA) is 72.7 Å². The molecule has 6 nitrogen and oxygen atoms in total. The molecule has 0 bridgehead atoms. The number of amides is 1. The van der Waals surface area contributed by atoms with Gasteiger partial charge in [-0.25, -0.2) is 9.07 Å². The number of aromatic nitrogens is 4. The van der Waals surface area contributed by atoms with Crippen LogP contribution in [0.15, 0.2) is 60.9 Å². The van der Waals surface area contributed by atoms with Crippen LogP contribution in [-0.2, 0) is 11.3 Å². The molecule has 2 aromatic carbocycles. The zero-order chi connectivity index (χ0) is 16.1. The Labute approximate surface area is 132 Å². The minimum atomic E-state index is -0.710. The molecule has 3 aromatic rings. The molecule has 1 amide bonds. The van der Waals surface area contributed by atoms with Crippen LogP contribution in [0.4, 0.5) is 4.39 Å². The monoisotopic (exact) mass is 311 g/mol. The predicted octanol–water partition coefficient (Wildman–Crippen LogP) is 1.72. The van der Waals surface area contributed by atoms with Crippen LogP contribution in [0.3, 0.4) is 0 Å². The Balaban J connectivity index is 1.80. The van der Waals surface area contributed by atoms with Gasteiger partial charge in [-0.15, -0.1) is 5.10 Å². The predicted molar refractivity (Wildman–Crippen MR) is 80.6 cm³/mol. The maximum atomic E-state index is 13.6. The highest BCUT2D eigenvalue weighted by Gasteiger charge is 2.23. The fourth-order valence-corrected chi connectivity index (χ4v) is 2.27. The molecule has 1 atom stereocenters. The van der Waals surface area contributed by atoms with E-state index in [1.807, 2.05) is 30.3 Å². The van der Waals surface area contributed by atoms with E-state index in [0.29, 0.717) is 5.56 Å². The first-order chi connectivity index (χ1) is 11.3. The van der Waals surface area contributed by atoms with E-state index in [1.54, 1.807) is 18.2 Å². The molecular weight excluding hydrogens is 297 g/mol. The summed E-state index contributed by atoms with van der Waals surface area (Å²) in [6, 6.07) is 14.8. The van der Waals surface area contributed by atoms with E-state index in [2.05, 4.69) is 20.8 Å². The number of carbonyl (C=O) groups is 1. The van der Waals surface area contributed by atoms with E-state index in [0.717, 1.165) is 5.56 Å². The minimum absolute atomic E-state index is 0.0942. The number of hydrogen-bond donors (Lipinski definition) is 1. The van der Waals surface area contributed by atoms with Crippen LogP contribution in [0.2, 0.25) is 0 Å². The van der Waals surface area contributed by atoms with Crippen molar-refractivity contribution in [2.24, 2.45) is 0 Å². The van der Waals surface area contributed by atoms with E-state index < -0.39 is 6.04 Å². The summed E-state index contributed by atoms with van der Waals surface area (Å²) in [5, 5.41) is 13.7. The summed E-state index contributed by atoms with van der Waals surface area (Å²) < 4.78 is 15.0. The summed E-state index contributed by atoms with van der Waals surface area (Å²) in [5.74, 6) is -0.668. The van der Waals surface area contributed by atoms with Gasteiger partial charge in [-0.1, -0.05) is 48.5 Å². The quantitative estimate of drug-likeness (QED) is 0.778. The normalized spacial score (nSPS) is 11.9. The lowest BCUT2D eigenvalue weighted by atomic mass is 10.1. The molecule has 1 N–H and O–H groups in total. The van der Waals surface area contributed by atoms with Gasteiger partial charge in [-0.3, -0.25) is 4.79 Å². The Morgan fingerprint density at radius 1 is 1.13 bits per heavy atom. The van der Waals surface area contributed by atoms with Crippen LogP contribution in [-0.4, -0.2) is 26.1 Å². The van der Waals surface area contributed by atoms with Crippen molar-refractivity contribution in [1.29, 1.82) is 0 Å². The Morgan fingerprint density at radius 2 is 1.87 bits per heavy atom. The highest BCUT2D eigenvalue weighted by molar-refractivity contribution is 5.83. The average Bonchev–Trinajstić information content (AvgIpc) is 3.09. The fourth-order valence-electron chi connectivity index (χ4n) is 2.27. The zero-order valence-electron chi connectivity index (χ0n) is 12.1. The third kappa shape index (κ3) is 3.39. The summed E-state index contributed by atoms with van der Waals surface area (Å²) in [6.45, 7) is 0.0942. The molecule has 0 radical (unpaired) electrons. The lowest BCUT2D eigenvalue weighted by Gasteiger charge is -2.16. The second-order valence-electron chi connectivity index (χ2n) is 4.91. The molecule has 1 aromatic heterocycles. The van der Waals surface area contributed by atoms with Gasteiger partial charge in [0.15, 0.2) is 6.04 Å². The maximum absolute atomic E-state index is 13.6. The Hall–Kier alpha value is -3.09. The summed E-state index contributed by atoms with van der Waals surface area (Å²) in [5.41, 5.74) is 1.16. The molecule has 116 valence electrons.